The quantitative estimate of drug-likeness (QED) is 0.509. The van der Waals surface area contributed by atoms with Gasteiger partial charge in [0.1, 0.15) is 0 Å². The minimum atomic E-state index is 1.18. The van der Waals surface area contributed by atoms with Crippen LogP contribution in [0.25, 0.3) is 9.53 Å². The summed E-state index contributed by atoms with van der Waals surface area (Å²) in [7, 11) is 0. The van der Waals surface area contributed by atoms with Gasteiger partial charge in [-0.25, -0.2) is 0 Å². The van der Waals surface area contributed by atoms with Crippen LogP contribution >= 0.6 is 22.7 Å². The standard InChI is InChI=1S/C5H2NS2.Li/c1-2-7-5-4(1)8-3-6-5;/h1,3H;. The summed E-state index contributed by atoms with van der Waals surface area (Å²) in [6.45, 7) is 0. The fourth-order valence-corrected chi connectivity index (χ4v) is 2.61. The van der Waals surface area contributed by atoms with Gasteiger partial charge in [0.25, 0.3) is 0 Å². The average molecular weight is 147 g/mol. The van der Waals surface area contributed by atoms with Crippen molar-refractivity contribution in [1.29, 1.82) is 0 Å². The van der Waals surface area contributed by atoms with E-state index in [-0.39, 0.29) is 0 Å². The van der Waals surface area contributed by atoms with E-state index in [1.54, 1.807) is 22.7 Å². The van der Waals surface area contributed by atoms with E-state index >= 15 is 0 Å². The molecule has 0 radical (unpaired) electrons. The predicted octanol–water partition coefficient (Wildman–Crippen LogP) is 1.15. The maximum atomic E-state index is 4.18. The Morgan fingerprint density at radius 1 is 1.56 bits per heavy atom. The SMILES string of the molecule is [Li][c]1cc2scnc2s1. The number of rotatable bonds is 0. The van der Waals surface area contributed by atoms with Gasteiger partial charge in [0.15, 0.2) is 0 Å². The molecule has 0 amide bonds. The van der Waals surface area contributed by atoms with E-state index in [0.29, 0.717) is 0 Å². The fourth-order valence-electron chi connectivity index (χ4n) is 0.784. The monoisotopic (exact) mass is 147 g/mol. The van der Waals surface area contributed by atoms with Crippen molar-refractivity contribution >= 4 is 53.5 Å². The van der Waals surface area contributed by atoms with Gasteiger partial charge in [-0.15, -0.1) is 0 Å². The first-order valence-corrected chi connectivity index (χ1v) is 4.35. The van der Waals surface area contributed by atoms with Crippen LogP contribution in [0.15, 0.2) is 11.6 Å². The van der Waals surface area contributed by atoms with Gasteiger partial charge in [-0.05, 0) is 0 Å². The van der Waals surface area contributed by atoms with Crippen molar-refractivity contribution in [2.45, 2.75) is 0 Å². The molecule has 2 aromatic rings. The van der Waals surface area contributed by atoms with Gasteiger partial charge in [0, 0.05) is 0 Å². The first-order valence-electron chi connectivity index (χ1n) is 2.66. The third-order valence-corrected chi connectivity index (χ3v) is 3.02. The molecule has 0 aliphatic carbocycles. The van der Waals surface area contributed by atoms with Crippen molar-refractivity contribution in [3.63, 3.8) is 0 Å². The molecule has 0 fully saturated rings. The van der Waals surface area contributed by atoms with E-state index in [1.807, 2.05) is 5.51 Å². The maximum absolute atomic E-state index is 4.18. The van der Waals surface area contributed by atoms with Crippen molar-refractivity contribution in [1.82, 2.24) is 4.98 Å². The van der Waals surface area contributed by atoms with Crippen molar-refractivity contribution in [2.75, 3.05) is 0 Å². The number of aromatic nitrogens is 1. The Morgan fingerprint density at radius 3 is 3.22 bits per heavy atom. The topological polar surface area (TPSA) is 12.9 Å². The molecule has 0 unspecified atom stereocenters. The van der Waals surface area contributed by atoms with Gasteiger partial charge in [-0.2, -0.15) is 0 Å². The van der Waals surface area contributed by atoms with E-state index in [0.717, 1.165) is 0 Å². The molecule has 0 aliphatic rings. The van der Waals surface area contributed by atoms with Gasteiger partial charge in [-0.3, -0.25) is 0 Å². The number of hydrogen-bond acceptors (Lipinski definition) is 3. The first kappa shape index (κ1) is 5.93. The van der Waals surface area contributed by atoms with Crippen LogP contribution in [0.4, 0.5) is 0 Å². The fraction of sp³-hybridized carbons (Fsp3) is 0. The third-order valence-electron chi connectivity index (χ3n) is 1.15. The molecule has 0 saturated heterocycles. The molecule has 2 rings (SSSR count). The second kappa shape index (κ2) is 2.10. The Bertz CT molecular complexity index is 296. The number of hydrogen-bond donors (Lipinski definition) is 0. The molecule has 1 nitrogen and oxygen atoms in total. The van der Waals surface area contributed by atoms with Crippen LogP contribution in [0.1, 0.15) is 0 Å². The number of nitrogens with zero attached hydrogens (tertiary/aromatic N) is 1. The molecular weight excluding hydrogens is 145 g/mol. The summed E-state index contributed by atoms with van der Waals surface area (Å²) in [5.41, 5.74) is 1.89. The summed E-state index contributed by atoms with van der Waals surface area (Å²) >= 11 is 5.58. The van der Waals surface area contributed by atoms with E-state index in [9.17, 15) is 0 Å². The summed E-state index contributed by atoms with van der Waals surface area (Å²) in [6, 6.07) is 2.18. The van der Waals surface area contributed by atoms with Crippen LogP contribution in [0.3, 0.4) is 0 Å². The predicted molar refractivity (Wildman–Crippen MR) is 42.9 cm³/mol. The zero-order chi connectivity index (χ0) is 6.27. The third kappa shape index (κ3) is 0.948. The molecule has 0 N–H and O–H groups in total. The minimum absolute atomic E-state index is 1.18. The van der Waals surface area contributed by atoms with Crippen LogP contribution in [-0.4, -0.2) is 22.7 Å². The van der Waals surface area contributed by atoms with Crippen LogP contribution in [0.2, 0.25) is 0 Å². The summed E-state index contributed by atoms with van der Waals surface area (Å²) < 4.78 is 2.67. The molecule has 40 valence electrons. The Kier molecular flexibility index (Phi) is 1.39. The molecular formula is C5H2LiNS2. The summed E-state index contributed by atoms with van der Waals surface area (Å²) in [5, 5.41) is 0. The molecule has 2 aromatic heterocycles. The van der Waals surface area contributed by atoms with Gasteiger partial charge in [0.2, 0.25) is 0 Å². The van der Waals surface area contributed by atoms with Gasteiger partial charge >= 0.3 is 70.0 Å². The van der Waals surface area contributed by atoms with Crippen LogP contribution in [0.5, 0.6) is 0 Å². The molecule has 0 spiro atoms. The molecule has 9 heavy (non-hydrogen) atoms. The normalized spacial score (nSPS) is 10.9. The van der Waals surface area contributed by atoms with E-state index in [2.05, 4.69) is 28.8 Å². The van der Waals surface area contributed by atoms with Crippen LogP contribution < -0.4 is 3.55 Å². The van der Waals surface area contributed by atoms with Crippen molar-refractivity contribution in [3.8, 4) is 0 Å². The summed E-state index contributed by atoms with van der Waals surface area (Å²) in [4.78, 5) is 5.35. The second-order valence-electron chi connectivity index (χ2n) is 1.88. The van der Waals surface area contributed by atoms with Crippen LogP contribution in [-0.2, 0) is 0 Å². The molecule has 2 heterocycles. The molecule has 0 aliphatic heterocycles. The molecule has 0 aromatic carbocycles. The summed E-state index contributed by atoms with van der Waals surface area (Å²) in [5.74, 6) is 0. The Balaban J connectivity index is 2.92. The van der Waals surface area contributed by atoms with Crippen molar-refractivity contribution in [2.24, 2.45) is 0 Å². The zero-order valence-electron chi connectivity index (χ0n) is 4.92. The first-order chi connectivity index (χ1) is 4.36. The van der Waals surface area contributed by atoms with Crippen LogP contribution in [0, 0.1) is 0 Å². The Hall–Kier alpha value is 0.187. The number of thiazole rings is 1. The zero-order valence-corrected chi connectivity index (χ0v) is 6.55. The Labute approximate surface area is 69.9 Å². The van der Waals surface area contributed by atoms with Gasteiger partial charge in [-0.1, -0.05) is 0 Å². The molecule has 0 bridgehead atoms. The summed E-state index contributed by atoms with van der Waals surface area (Å²) in [6.07, 6.45) is 0. The average Bonchev–Trinajstić information content (AvgIpc) is 2.22. The number of fused-ring (bicyclic) bond motifs is 1. The molecule has 0 saturated carbocycles. The van der Waals surface area contributed by atoms with E-state index in [4.69, 9.17) is 0 Å². The second-order valence-corrected chi connectivity index (χ2v) is 4.00. The van der Waals surface area contributed by atoms with E-state index < -0.39 is 0 Å². The number of thiophene rings is 1. The van der Waals surface area contributed by atoms with Crippen molar-refractivity contribution in [3.05, 3.63) is 11.6 Å². The van der Waals surface area contributed by atoms with Crippen molar-refractivity contribution < 1.29 is 0 Å². The Morgan fingerprint density at radius 2 is 2.44 bits per heavy atom. The van der Waals surface area contributed by atoms with Gasteiger partial charge in [0.05, 0.1) is 0 Å². The molecule has 0 atom stereocenters. The molecule has 4 heteroatoms. The van der Waals surface area contributed by atoms with E-state index in [1.165, 1.54) is 13.1 Å². The van der Waals surface area contributed by atoms with Gasteiger partial charge < -0.3 is 0 Å².